The molecule has 5 nitrogen and oxygen atoms in total. The van der Waals surface area contributed by atoms with Gasteiger partial charge in [-0.25, -0.2) is 4.39 Å². The zero-order valence-electron chi connectivity index (χ0n) is 22.2. The highest BCUT2D eigenvalue weighted by Gasteiger charge is 2.56. The van der Waals surface area contributed by atoms with Crippen molar-refractivity contribution in [1.82, 2.24) is 4.90 Å². The maximum Gasteiger partial charge on any atom is 0.366 e. The van der Waals surface area contributed by atoms with Crippen molar-refractivity contribution in [2.45, 2.75) is 81.6 Å². The van der Waals surface area contributed by atoms with Crippen molar-refractivity contribution in [1.29, 1.82) is 0 Å². The van der Waals surface area contributed by atoms with E-state index in [0.29, 0.717) is 11.8 Å². The van der Waals surface area contributed by atoms with Crippen LogP contribution in [0.25, 0.3) is 0 Å². The van der Waals surface area contributed by atoms with Crippen LogP contribution in [0.2, 0.25) is 0 Å². The Balaban J connectivity index is 1.31. The summed E-state index contributed by atoms with van der Waals surface area (Å²) >= 11 is 0. The largest absolute Gasteiger partial charge is 0.448 e. The van der Waals surface area contributed by atoms with E-state index in [2.05, 4.69) is 21.3 Å². The Hall–Kier alpha value is -2.47. The summed E-state index contributed by atoms with van der Waals surface area (Å²) in [7, 11) is 1.70. The molecule has 37 heavy (non-hydrogen) atoms. The molecule has 2 aromatic rings. The predicted octanol–water partition coefficient (Wildman–Crippen LogP) is 3.77. The van der Waals surface area contributed by atoms with Gasteiger partial charge >= 0.3 is 5.88 Å². The molecule has 2 aliphatic heterocycles. The molecule has 6 rings (SSSR count). The number of H-pyrrole nitrogens is 1. The molecular weight excluding hydrogens is 465 g/mol. The van der Waals surface area contributed by atoms with Crippen LogP contribution in [0.1, 0.15) is 80.5 Å². The molecule has 3 heterocycles. The second-order valence-corrected chi connectivity index (χ2v) is 11.9. The van der Waals surface area contributed by atoms with Crippen molar-refractivity contribution >= 4 is 5.91 Å². The zero-order valence-corrected chi connectivity index (χ0v) is 22.2. The van der Waals surface area contributed by atoms with Crippen molar-refractivity contribution in [3.63, 3.8) is 0 Å². The number of nitrogens with one attached hydrogen (secondary N) is 1. The average Bonchev–Trinajstić information content (AvgIpc) is 3.36. The molecule has 0 radical (unpaired) electrons. The van der Waals surface area contributed by atoms with Gasteiger partial charge in [0.1, 0.15) is 11.7 Å². The number of rotatable bonds is 4. The van der Waals surface area contributed by atoms with E-state index in [9.17, 15) is 9.18 Å². The topological polar surface area (TPSA) is 60.3 Å². The first-order chi connectivity index (χ1) is 18.1. The minimum atomic E-state index is -0.118. The average molecular weight is 508 g/mol. The number of nitrogens with two attached hydrogens (primary N) is 1. The summed E-state index contributed by atoms with van der Waals surface area (Å²) in [5.41, 5.74) is 3.28. The van der Waals surface area contributed by atoms with E-state index in [1.807, 2.05) is 18.2 Å². The van der Waals surface area contributed by atoms with Crippen LogP contribution >= 0.6 is 0 Å². The number of pyridine rings is 1. The quantitative estimate of drug-likeness (QED) is 0.685. The summed E-state index contributed by atoms with van der Waals surface area (Å²) in [5.74, 6) is 1.76. The van der Waals surface area contributed by atoms with E-state index in [4.69, 9.17) is 4.74 Å². The number of carbonyl (C=O) groups is 1. The molecule has 0 unspecified atom stereocenters. The van der Waals surface area contributed by atoms with Crippen molar-refractivity contribution < 1.29 is 24.2 Å². The number of aryl methyl sites for hydroxylation is 1. The van der Waals surface area contributed by atoms with Gasteiger partial charge < -0.3 is 15.0 Å². The highest BCUT2D eigenvalue weighted by atomic mass is 19.1. The lowest BCUT2D eigenvalue weighted by atomic mass is 9.64. The summed E-state index contributed by atoms with van der Waals surface area (Å²) in [6.45, 7) is 2.57. The van der Waals surface area contributed by atoms with Crippen molar-refractivity contribution in [3.05, 3.63) is 59.0 Å². The Labute approximate surface area is 220 Å². The van der Waals surface area contributed by atoms with Crippen LogP contribution in [0.15, 0.2) is 36.4 Å². The van der Waals surface area contributed by atoms with Crippen molar-refractivity contribution in [2.24, 2.45) is 11.8 Å². The number of fused-ring (bicyclic) bond motifs is 2. The van der Waals surface area contributed by atoms with Gasteiger partial charge in [0.2, 0.25) is 5.91 Å². The monoisotopic (exact) mass is 507 g/mol. The van der Waals surface area contributed by atoms with E-state index in [1.54, 1.807) is 19.2 Å². The van der Waals surface area contributed by atoms with Gasteiger partial charge in [0.15, 0.2) is 5.69 Å². The molecule has 6 heteroatoms. The fourth-order valence-corrected chi connectivity index (χ4v) is 8.33. The van der Waals surface area contributed by atoms with Crippen LogP contribution in [0.5, 0.6) is 5.88 Å². The first-order valence-corrected chi connectivity index (χ1v) is 14.6. The van der Waals surface area contributed by atoms with Gasteiger partial charge in [-0.1, -0.05) is 37.5 Å². The number of aromatic nitrogens is 1. The molecule has 0 bridgehead atoms. The number of hydrogen-bond acceptors (Lipinski definition) is 2. The van der Waals surface area contributed by atoms with E-state index < -0.39 is 0 Å². The number of ether oxygens (including phenoxy) is 1. The molecule has 198 valence electrons. The minimum Gasteiger partial charge on any atom is -0.448 e. The smallest absolute Gasteiger partial charge is 0.366 e. The van der Waals surface area contributed by atoms with Crippen molar-refractivity contribution in [2.75, 3.05) is 26.7 Å². The summed E-state index contributed by atoms with van der Waals surface area (Å²) in [6, 6.07) is 11.7. The first kappa shape index (κ1) is 24.8. The summed E-state index contributed by atoms with van der Waals surface area (Å²) in [5, 5.41) is 2.36. The number of piperidine rings is 1. The van der Waals surface area contributed by atoms with Gasteiger partial charge in [-0.2, -0.15) is 4.98 Å². The van der Waals surface area contributed by atoms with E-state index in [1.165, 1.54) is 43.4 Å². The number of nitrogens with zero attached hydrogens (tertiary/aromatic N) is 1. The molecular formula is C31H42FN3O2+2. The maximum atomic E-state index is 14.8. The van der Waals surface area contributed by atoms with Crippen molar-refractivity contribution in [3.8, 4) is 5.88 Å². The van der Waals surface area contributed by atoms with Crippen LogP contribution in [0, 0.1) is 17.7 Å². The third kappa shape index (κ3) is 4.45. The van der Waals surface area contributed by atoms with Crippen LogP contribution < -0.4 is 15.0 Å². The number of aromatic amines is 1. The lowest BCUT2D eigenvalue weighted by Gasteiger charge is -2.47. The van der Waals surface area contributed by atoms with E-state index in [-0.39, 0.29) is 29.1 Å². The third-order valence-electron chi connectivity index (χ3n) is 10.1. The molecule has 1 aromatic heterocycles. The Bertz CT molecular complexity index is 1130. The number of halogens is 1. The summed E-state index contributed by atoms with van der Waals surface area (Å²) < 4.78 is 20.3. The van der Waals surface area contributed by atoms with Crippen LogP contribution in [-0.2, 0) is 16.6 Å². The highest BCUT2D eigenvalue weighted by molar-refractivity contribution is 5.82. The number of benzene rings is 1. The molecule has 4 aliphatic rings. The van der Waals surface area contributed by atoms with E-state index >= 15 is 0 Å². The Kier molecular flexibility index (Phi) is 6.95. The van der Waals surface area contributed by atoms with Gasteiger partial charge in [0.25, 0.3) is 0 Å². The molecule has 1 amide bonds. The molecule has 1 aromatic carbocycles. The molecule has 1 spiro atoms. The van der Waals surface area contributed by atoms with Crippen LogP contribution in [-0.4, -0.2) is 43.6 Å². The SMILES string of the molecule is COc1ccc2c([nH+]1)CCC[C@]21C[NH2+]C[C@H]1C(=O)N1CC[C@@H](c2ccccc2F)C[C@H]1C1CCCCC1. The molecule has 3 fully saturated rings. The van der Waals surface area contributed by atoms with Gasteiger partial charge in [0, 0.05) is 24.6 Å². The van der Waals surface area contributed by atoms with Gasteiger partial charge in [-0.3, -0.25) is 4.79 Å². The second kappa shape index (κ2) is 10.4. The highest BCUT2D eigenvalue weighted by Crippen LogP contribution is 2.46. The molecule has 2 saturated heterocycles. The standard InChI is InChI=1S/C31H40FN3O2/c1-37-29-14-13-24-27(34-29)12-7-16-31(24)20-33-19-25(31)30(36)35-17-15-22(23-10-5-6-11-26(23)32)18-28(35)21-8-3-2-4-9-21/h5-6,10-11,13-14,21-22,25,28,33H,2-4,7-9,12,15-20H2,1H3/p+2/t22-,25+,28+,31+/m1/s1. The Morgan fingerprint density at radius 1 is 1.11 bits per heavy atom. The van der Waals surface area contributed by atoms with E-state index in [0.717, 1.165) is 63.2 Å². The summed E-state index contributed by atoms with van der Waals surface area (Å²) in [6.07, 6.45) is 11.1. The number of quaternary nitrogens is 1. The molecule has 2 aliphatic carbocycles. The lowest BCUT2D eigenvalue weighted by molar-refractivity contribution is -0.640. The number of hydrogen-bond donors (Lipinski definition) is 1. The van der Waals surface area contributed by atoms with Crippen LogP contribution in [0.4, 0.5) is 4.39 Å². The summed E-state index contributed by atoms with van der Waals surface area (Å²) in [4.78, 5) is 20.3. The number of carbonyl (C=O) groups excluding carboxylic acids is 1. The number of amides is 1. The van der Waals surface area contributed by atoms with Gasteiger partial charge in [-0.15, -0.1) is 0 Å². The fraction of sp³-hybridized carbons (Fsp3) is 0.613. The van der Waals surface area contributed by atoms with Gasteiger partial charge in [0.05, 0.1) is 31.7 Å². The van der Waals surface area contributed by atoms with Crippen LogP contribution in [0.3, 0.4) is 0 Å². The fourth-order valence-electron chi connectivity index (χ4n) is 8.33. The normalized spacial score (nSPS) is 30.3. The number of likely N-dealkylation sites (tertiary alicyclic amines) is 1. The zero-order chi connectivity index (χ0) is 25.4. The molecule has 1 saturated carbocycles. The molecule has 4 atom stereocenters. The van der Waals surface area contributed by atoms with Gasteiger partial charge in [-0.05, 0) is 68.1 Å². The Morgan fingerprint density at radius 2 is 1.95 bits per heavy atom. The predicted molar refractivity (Wildman–Crippen MR) is 140 cm³/mol. The second-order valence-electron chi connectivity index (χ2n) is 11.9. The minimum absolute atomic E-state index is 0.00977. The first-order valence-electron chi connectivity index (χ1n) is 14.6. The lowest BCUT2D eigenvalue weighted by Crippen LogP contribution is -2.82. The number of methoxy groups -OCH3 is 1. The Morgan fingerprint density at radius 3 is 2.76 bits per heavy atom. The molecule has 3 N–H and O–H groups in total. The third-order valence-corrected chi connectivity index (χ3v) is 10.1. The maximum absolute atomic E-state index is 14.8.